The van der Waals surface area contributed by atoms with Gasteiger partial charge in [-0.1, -0.05) is 0 Å². The van der Waals surface area contributed by atoms with Crippen LogP contribution in [-0.4, -0.2) is 59.9 Å². The summed E-state index contributed by atoms with van der Waals surface area (Å²) in [4.78, 5) is 37.5. The van der Waals surface area contributed by atoms with Gasteiger partial charge in [-0.15, -0.1) is 0 Å². The molecule has 2 rings (SSSR count). The Morgan fingerprint density at radius 2 is 2.11 bits per heavy atom. The molecule has 0 spiro atoms. The first kappa shape index (κ1) is 13.8. The minimum Gasteiger partial charge on any atom is -0.348 e. The predicted molar refractivity (Wildman–Crippen MR) is 68.1 cm³/mol. The van der Waals surface area contributed by atoms with E-state index in [9.17, 15) is 14.4 Å². The molecule has 4 amide bonds. The summed E-state index contributed by atoms with van der Waals surface area (Å²) in [5, 5.41) is 2.86. The van der Waals surface area contributed by atoms with Gasteiger partial charge in [-0.2, -0.15) is 0 Å². The van der Waals surface area contributed by atoms with E-state index in [1.165, 1.54) is 11.9 Å². The molecule has 7 heteroatoms. The number of carbonyl (C=O) groups is 3. The van der Waals surface area contributed by atoms with Crippen LogP contribution in [0.1, 0.15) is 19.8 Å². The average molecular weight is 268 g/mol. The van der Waals surface area contributed by atoms with Gasteiger partial charge >= 0.3 is 6.03 Å². The van der Waals surface area contributed by atoms with Crippen molar-refractivity contribution in [3.63, 3.8) is 0 Å². The van der Waals surface area contributed by atoms with Crippen molar-refractivity contribution < 1.29 is 14.4 Å². The third-order valence-corrected chi connectivity index (χ3v) is 3.86. The van der Waals surface area contributed by atoms with Gasteiger partial charge in [-0.3, -0.25) is 14.5 Å². The molecule has 1 unspecified atom stereocenters. The number of rotatable bonds is 5. The smallest absolute Gasteiger partial charge is 0.327 e. The molecule has 2 fully saturated rings. The van der Waals surface area contributed by atoms with Gasteiger partial charge in [0.25, 0.3) is 5.91 Å². The standard InChI is InChI=1S/C12H20N4O3/c1-12(7-13,8-3-4-8)14-9(17)5-16-10(18)6-15(2)11(16)19/h8H,3-7,13H2,1-2H3,(H,14,17). The van der Waals surface area contributed by atoms with Crippen LogP contribution in [0.4, 0.5) is 4.79 Å². The van der Waals surface area contributed by atoms with Crippen LogP contribution >= 0.6 is 0 Å². The largest absolute Gasteiger partial charge is 0.348 e. The number of imide groups is 1. The Labute approximate surface area is 112 Å². The lowest BCUT2D eigenvalue weighted by Gasteiger charge is -2.30. The van der Waals surface area contributed by atoms with E-state index in [0.29, 0.717) is 12.5 Å². The molecule has 19 heavy (non-hydrogen) atoms. The highest BCUT2D eigenvalue weighted by Crippen LogP contribution is 2.38. The van der Waals surface area contributed by atoms with Gasteiger partial charge in [0.05, 0.1) is 5.54 Å². The van der Waals surface area contributed by atoms with Gasteiger partial charge < -0.3 is 16.0 Å². The van der Waals surface area contributed by atoms with E-state index in [2.05, 4.69) is 5.32 Å². The lowest BCUT2D eigenvalue weighted by Crippen LogP contribution is -2.55. The molecule has 7 nitrogen and oxygen atoms in total. The van der Waals surface area contributed by atoms with Crippen molar-refractivity contribution in [2.24, 2.45) is 11.7 Å². The van der Waals surface area contributed by atoms with E-state index in [4.69, 9.17) is 5.73 Å². The van der Waals surface area contributed by atoms with Crippen molar-refractivity contribution in [1.29, 1.82) is 0 Å². The minimum atomic E-state index is -0.436. The minimum absolute atomic E-state index is 0.0306. The Balaban J connectivity index is 1.94. The summed E-state index contributed by atoms with van der Waals surface area (Å²) in [5.74, 6) is -0.283. The summed E-state index contributed by atoms with van der Waals surface area (Å²) in [5.41, 5.74) is 5.27. The maximum absolute atomic E-state index is 12.0. The second kappa shape index (κ2) is 4.80. The van der Waals surface area contributed by atoms with Crippen LogP contribution in [0.3, 0.4) is 0 Å². The van der Waals surface area contributed by atoms with Gasteiger partial charge in [-0.05, 0) is 25.7 Å². The average Bonchev–Trinajstić information content (AvgIpc) is 3.15. The number of hydrogen-bond donors (Lipinski definition) is 2. The molecular weight excluding hydrogens is 248 g/mol. The summed E-state index contributed by atoms with van der Waals surface area (Å²) in [6.07, 6.45) is 2.11. The summed E-state index contributed by atoms with van der Waals surface area (Å²) < 4.78 is 0. The number of carbonyl (C=O) groups excluding carboxylic acids is 3. The van der Waals surface area contributed by atoms with Crippen LogP contribution in [-0.2, 0) is 9.59 Å². The highest BCUT2D eigenvalue weighted by Gasteiger charge is 2.42. The first-order chi connectivity index (χ1) is 8.87. The van der Waals surface area contributed by atoms with Gasteiger partial charge in [0, 0.05) is 13.6 Å². The van der Waals surface area contributed by atoms with E-state index in [1.54, 1.807) is 0 Å². The molecule has 3 N–H and O–H groups in total. The molecule has 2 aliphatic rings. The van der Waals surface area contributed by atoms with Crippen molar-refractivity contribution in [3.8, 4) is 0 Å². The zero-order valence-corrected chi connectivity index (χ0v) is 11.3. The molecule has 0 aromatic heterocycles. The Bertz CT molecular complexity index is 421. The zero-order valence-electron chi connectivity index (χ0n) is 11.3. The monoisotopic (exact) mass is 268 g/mol. The van der Waals surface area contributed by atoms with E-state index in [1.807, 2.05) is 6.92 Å². The van der Waals surface area contributed by atoms with E-state index >= 15 is 0 Å². The molecule has 106 valence electrons. The SMILES string of the molecule is CN1CC(=O)N(CC(=O)NC(C)(CN)C2CC2)C1=O. The first-order valence-electron chi connectivity index (χ1n) is 6.44. The van der Waals surface area contributed by atoms with Crippen LogP contribution in [0.15, 0.2) is 0 Å². The highest BCUT2D eigenvalue weighted by atomic mass is 16.2. The third kappa shape index (κ3) is 2.70. The third-order valence-electron chi connectivity index (χ3n) is 3.86. The van der Waals surface area contributed by atoms with Crippen molar-refractivity contribution in [3.05, 3.63) is 0 Å². The van der Waals surface area contributed by atoms with Gasteiger partial charge in [0.15, 0.2) is 0 Å². The number of nitrogens with one attached hydrogen (secondary N) is 1. The van der Waals surface area contributed by atoms with Crippen molar-refractivity contribution in [2.45, 2.75) is 25.3 Å². The Morgan fingerprint density at radius 3 is 2.53 bits per heavy atom. The van der Waals surface area contributed by atoms with Crippen molar-refractivity contribution in [1.82, 2.24) is 15.1 Å². The van der Waals surface area contributed by atoms with Crippen LogP contribution in [0, 0.1) is 5.92 Å². The molecule has 1 saturated heterocycles. The lowest BCUT2D eigenvalue weighted by molar-refractivity contribution is -0.131. The second-order valence-electron chi connectivity index (χ2n) is 5.56. The fraction of sp³-hybridized carbons (Fsp3) is 0.750. The van der Waals surface area contributed by atoms with E-state index < -0.39 is 11.6 Å². The molecular formula is C12H20N4O3. The van der Waals surface area contributed by atoms with Crippen LogP contribution in [0.5, 0.6) is 0 Å². The Kier molecular flexibility index (Phi) is 3.49. The maximum atomic E-state index is 12.0. The Morgan fingerprint density at radius 1 is 1.47 bits per heavy atom. The molecule has 0 aromatic carbocycles. The number of amides is 4. The first-order valence-corrected chi connectivity index (χ1v) is 6.44. The van der Waals surface area contributed by atoms with Crippen LogP contribution < -0.4 is 11.1 Å². The maximum Gasteiger partial charge on any atom is 0.327 e. The molecule has 0 bridgehead atoms. The summed E-state index contributed by atoms with van der Waals surface area (Å²) in [6, 6.07) is -0.430. The number of nitrogens with two attached hydrogens (primary N) is 1. The fourth-order valence-electron chi connectivity index (χ4n) is 2.37. The fourth-order valence-corrected chi connectivity index (χ4v) is 2.37. The topological polar surface area (TPSA) is 95.7 Å². The van der Waals surface area contributed by atoms with Crippen molar-refractivity contribution >= 4 is 17.8 Å². The van der Waals surface area contributed by atoms with Crippen LogP contribution in [0.25, 0.3) is 0 Å². The lowest BCUT2D eigenvalue weighted by atomic mass is 9.96. The van der Waals surface area contributed by atoms with Gasteiger partial charge in [-0.25, -0.2) is 4.79 Å². The summed E-state index contributed by atoms with van der Waals surface area (Å²) >= 11 is 0. The number of likely N-dealkylation sites (N-methyl/N-ethyl adjacent to an activating group) is 1. The number of urea groups is 1. The van der Waals surface area contributed by atoms with E-state index in [-0.39, 0.29) is 24.9 Å². The summed E-state index contributed by atoms with van der Waals surface area (Å²) in [7, 11) is 1.53. The van der Waals surface area contributed by atoms with Gasteiger partial charge in [0.2, 0.25) is 5.91 Å². The number of hydrogen-bond acceptors (Lipinski definition) is 4. The molecule has 1 aliphatic carbocycles. The normalized spacial score (nSPS) is 22.7. The van der Waals surface area contributed by atoms with Crippen molar-refractivity contribution in [2.75, 3.05) is 26.7 Å². The molecule has 1 aliphatic heterocycles. The molecule has 0 radical (unpaired) electrons. The van der Waals surface area contributed by atoms with Gasteiger partial charge in [0.1, 0.15) is 13.1 Å². The molecule has 1 atom stereocenters. The summed E-state index contributed by atoms with van der Waals surface area (Å²) in [6.45, 7) is 2.06. The second-order valence-corrected chi connectivity index (χ2v) is 5.56. The molecule has 0 aromatic rings. The number of nitrogens with zero attached hydrogens (tertiary/aromatic N) is 2. The molecule has 1 heterocycles. The molecule has 1 saturated carbocycles. The quantitative estimate of drug-likeness (QED) is 0.633. The Hall–Kier alpha value is -1.63. The predicted octanol–water partition coefficient (Wildman–Crippen LogP) is -0.876. The zero-order chi connectivity index (χ0) is 14.2. The highest BCUT2D eigenvalue weighted by molar-refractivity contribution is 6.04. The van der Waals surface area contributed by atoms with Crippen LogP contribution in [0.2, 0.25) is 0 Å². The van der Waals surface area contributed by atoms with E-state index in [0.717, 1.165) is 17.7 Å².